The number of benzene rings is 1. The summed E-state index contributed by atoms with van der Waals surface area (Å²) in [6.45, 7) is 0.474. The van der Waals surface area contributed by atoms with Crippen LogP contribution in [-0.4, -0.2) is 21.6 Å². The van der Waals surface area contributed by atoms with E-state index in [4.69, 9.17) is 11.6 Å². The van der Waals surface area contributed by atoms with Crippen molar-refractivity contribution in [1.29, 1.82) is 0 Å². The van der Waals surface area contributed by atoms with Gasteiger partial charge in [0.2, 0.25) is 11.8 Å². The highest BCUT2D eigenvalue weighted by Crippen LogP contribution is 2.41. The molecule has 1 aliphatic heterocycles. The van der Waals surface area contributed by atoms with E-state index in [-0.39, 0.29) is 23.7 Å². The van der Waals surface area contributed by atoms with Crippen LogP contribution < -0.4 is 4.90 Å². The molecule has 1 aromatic heterocycles. The molecule has 2 atom stereocenters. The maximum atomic E-state index is 12.7. The zero-order chi connectivity index (χ0) is 17.6. The summed E-state index contributed by atoms with van der Waals surface area (Å²) < 4.78 is 2.34. The summed E-state index contributed by atoms with van der Waals surface area (Å²) in [6.07, 6.45) is 5.39. The van der Waals surface area contributed by atoms with Crippen LogP contribution in [0.3, 0.4) is 0 Å². The van der Waals surface area contributed by atoms with Gasteiger partial charge in [0.25, 0.3) is 0 Å². The molecule has 2 heterocycles. The second-order valence-electron chi connectivity index (χ2n) is 6.60. The smallest absolute Gasteiger partial charge is 0.238 e. The van der Waals surface area contributed by atoms with Gasteiger partial charge in [-0.15, -0.1) is 0 Å². The van der Waals surface area contributed by atoms with Gasteiger partial charge in [-0.25, -0.2) is 4.90 Å². The summed E-state index contributed by atoms with van der Waals surface area (Å²) in [6, 6.07) is 7.55. The third-order valence-corrected chi connectivity index (χ3v) is 5.97. The predicted octanol–water partition coefficient (Wildman–Crippen LogP) is 4.03. The van der Waals surface area contributed by atoms with Gasteiger partial charge in [-0.1, -0.05) is 42.6 Å². The number of hydrogen-bond donors (Lipinski definition) is 0. The Morgan fingerprint density at radius 1 is 1.12 bits per heavy atom. The summed E-state index contributed by atoms with van der Waals surface area (Å²) in [5, 5.41) is 5.14. The van der Waals surface area contributed by atoms with Gasteiger partial charge < -0.3 is 0 Å². The van der Waals surface area contributed by atoms with Crippen molar-refractivity contribution in [3.8, 4) is 0 Å². The van der Waals surface area contributed by atoms with Crippen LogP contribution in [0.1, 0.15) is 31.2 Å². The lowest BCUT2D eigenvalue weighted by atomic mass is 9.81. The van der Waals surface area contributed by atoms with E-state index < -0.39 is 0 Å². The van der Waals surface area contributed by atoms with Crippen molar-refractivity contribution >= 4 is 45.2 Å². The molecule has 130 valence electrons. The zero-order valence-corrected chi connectivity index (χ0v) is 15.8. The second-order valence-corrected chi connectivity index (χ2v) is 7.86. The van der Waals surface area contributed by atoms with Gasteiger partial charge in [0.05, 0.1) is 22.9 Å². The number of amides is 2. The molecule has 0 N–H and O–H groups in total. The van der Waals surface area contributed by atoms with E-state index >= 15 is 0 Å². The molecule has 0 spiro atoms. The summed E-state index contributed by atoms with van der Waals surface area (Å²) >= 11 is 9.66. The topological polar surface area (TPSA) is 55.2 Å². The molecule has 25 heavy (non-hydrogen) atoms. The molecule has 0 unspecified atom stereocenters. The number of nitrogens with zero attached hydrogens (tertiary/aromatic N) is 3. The van der Waals surface area contributed by atoms with Crippen LogP contribution in [0.5, 0.6) is 0 Å². The van der Waals surface area contributed by atoms with E-state index in [1.165, 1.54) is 4.90 Å². The van der Waals surface area contributed by atoms with Gasteiger partial charge in [-0.2, -0.15) is 5.10 Å². The number of rotatable bonds is 3. The standard InChI is InChI=1S/C18H17BrClN3O2/c19-14-10-22(9-11-5-1-4-8-15(11)20)21-16(14)23-17(24)12-6-2-3-7-13(12)18(23)25/h1,4-5,8,10,12-13H,2-3,6-7,9H2/t12-,13-/m1/s1. The number of halogens is 2. The quantitative estimate of drug-likeness (QED) is 0.702. The van der Waals surface area contributed by atoms with Crippen LogP contribution in [0.15, 0.2) is 34.9 Å². The van der Waals surface area contributed by atoms with Crippen molar-refractivity contribution in [3.63, 3.8) is 0 Å². The van der Waals surface area contributed by atoms with Crippen LogP contribution in [0.4, 0.5) is 5.82 Å². The van der Waals surface area contributed by atoms with Crippen molar-refractivity contribution in [1.82, 2.24) is 9.78 Å². The van der Waals surface area contributed by atoms with Crippen LogP contribution in [0.2, 0.25) is 5.02 Å². The molecule has 1 aromatic carbocycles. The van der Waals surface area contributed by atoms with Crippen molar-refractivity contribution in [2.24, 2.45) is 11.8 Å². The first kappa shape index (κ1) is 16.8. The van der Waals surface area contributed by atoms with Crippen LogP contribution in [-0.2, 0) is 16.1 Å². The number of fused-ring (bicyclic) bond motifs is 1. The first-order valence-electron chi connectivity index (χ1n) is 8.40. The minimum absolute atomic E-state index is 0.113. The van der Waals surface area contributed by atoms with Crippen molar-refractivity contribution in [2.75, 3.05) is 4.90 Å². The lowest BCUT2D eigenvalue weighted by Gasteiger charge is -2.19. The van der Waals surface area contributed by atoms with Crippen LogP contribution in [0.25, 0.3) is 0 Å². The van der Waals surface area contributed by atoms with E-state index in [0.29, 0.717) is 21.9 Å². The normalized spacial score (nSPS) is 23.2. The molecule has 2 fully saturated rings. The zero-order valence-electron chi connectivity index (χ0n) is 13.5. The van der Waals surface area contributed by atoms with Gasteiger partial charge in [0, 0.05) is 11.2 Å². The molecule has 4 rings (SSSR count). The minimum Gasteiger partial charge on any atom is -0.274 e. The Morgan fingerprint density at radius 3 is 2.40 bits per heavy atom. The first-order chi connectivity index (χ1) is 12.1. The molecular weight excluding hydrogens is 406 g/mol. The van der Waals surface area contributed by atoms with Gasteiger partial charge in [-0.3, -0.25) is 14.3 Å². The third-order valence-electron chi connectivity index (χ3n) is 5.04. The Balaban J connectivity index is 1.63. The molecule has 2 aromatic rings. The Labute approximate surface area is 159 Å². The summed E-state index contributed by atoms with van der Waals surface area (Å²) in [4.78, 5) is 26.7. The van der Waals surface area contributed by atoms with Gasteiger partial charge >= 0.3 is 0 Å². The molecule has 2 amide bonds. The maximum absolute atomic E-state index is 12.7. The van der Waals surface area contributed by atoms with E-state index in [9.17, 15) is 9.59 Å². The number of hydrogen-bond acceptors (Lipinski definition) is 3. The second kappa shape index (κ2) is 6.57. The molecule has 1 saturated carbocycles. The number of imide groups is 1. The summed E-state index contributed by atoms with van der Waals surface area (Å²) in [5.41, 5.74) is 0.929. The molecule has 7 heteroatoms. The fraction of sp³-hybridized carbons (Fsp3) is 0.389. The SMILES string of the molecule is O=C1[C@@H]2CCCC[C@H]2C(=O)N1c1nn(Cc2ccccc2Cl)cc1Br. The molecule has 5 nitrogen and oxygen atoms in total. The van der Waals surface area contributed by atoms with Crippen molar-refractivity contribution in [2.45, 2.75) is 32.2 Å². The first-order valence-corrected chi connectivity index (χ1v) is 9.57. The van der Waals surface area contributed by atoms with Crippen molar-refractivity contribution < 1.29 is 9.59 Å². The van der Waals surface area contributed by atoms with Crippen LogP contribution in [0, 0.1) is 11.8 Å². The molecule has 1 saturated heterocycles. The van der Waals surface area contributed by atoms with Crippen molar-refractivity contribution in [3.05, 3.63) is 45.5 Å². The molecule has 0 bridgehead atoms. The fourth-order valence-electron chi connectivity index (χ4n) is 3.79. The lowest BCUT2D eigenvalue weighted by Crippen LogP contribution is -2.31. The van der Waals surface area contributed by atoms with E-state index in [1.54, 1.807) is 10.9 Å². The lowest BCUT2D eigenvalue weighted by molar-refractivity contribution is -0.122. The maximum Gasteiger partial charge on any atom is 0.238 e. The van der Waals surface area contributed by atoms with Gasteiger partial charge in [-0.05, 0) is 40.4 Å². The average Bonchev–Trinajstić information content (AvgIpc) is 3.08. The number of carbonyl (C=O) groups excluding carboxylic acids is 2. The molecule has 1 aliphatic carbocycles. The Hall–Kier alpha value is -1.66. The molecular formula is C18H17BrClN3O2. The summed E-state index contributed by atoms with van der Waals surface area (Å²) in [7, 11) is 0. The Bertz CT molecular complexity index is 827. The highest BCUT2D eigenvalue weighted by molar-refractivity contribution is 9.10. The monoisotopic (exact) mass is 421 g/mol. The predicted molar refractivity (Wildman–Crippen MR) is 98.4 cm³/mol. The Morgan fingerprint density at radius 2 is 1.76 bits per heavy atom. The van der Waals surface area contributed by atoms with E-state index in [0.717, 1.165) is 31.2 Å². The van der Waals surface area contributed by atoms with Gasteiger partial charge in [0.1, 0.15) is 0 Å². The fourth-order valence-corrected chi connectivity index (χ4v) is 4.48. The average molecular weight is 423 g/mol. The van der Waals surface area contributed by atoms with E-state index in [2.05, 4.69) is 21.0 Å². The number of carbonyl (C=O) groups is 2. The Kier molecular flexibility index (Phi) is 4.41. The third kappa shape index (κ3) is 2.91. The molecule has 0 radical (unpaired) electrons. The summed E-state index contributed by atoms with van der Waals surface area (Å²) in [5.74, 6) is -0.197. The van der Waals surface area contributed by atoms with E-state index in [1.807, 2.05) is 24.3 Å². The minimum atomic E-state index is -0.179. The highest BCUT2D eigenvalue weighted by atomic mass is 79.9. The highest BCUT2D eigenvalue weighted by Gasteiger charge is 2.50. The number of anilines is 1. The number of aromatic nitrogens is 2. The largest absolute Gasteiger partial charge is 0.274 e. The van der Waals surface area contributed by atoms with Gasteiger partial charge in [0.15, 0.2) is 5.82 Å². The van der Waals surface area contributed by atoms with Crippen LogP contribution >= 0.6 is 27.5 Å². The molecule has 2 aliphatic rings.